The highest BCUT2D eigenvalue weighted by molar-refractivity contribution is 6.31. The van der Waals surface area contributed by atoms with Crippen molar-refractivity contribution in [2.75, 3.05) is 0 Å². The summed E-state index contributed by atoms with van der Waals surface area (Å²) in [5.74, 6) is -0.217. The average Bonchev–Trinajstić information content (AvgIpc) is 2.98. The van der Waals surface area contributed by atoms with Gasteiger partial charge in [-0.05, 0) is 41.8 Å². The lowest BCUT2D eigenvalue weighted by Crippen LogP contribution is -2.48. The molecule has 2 unspecified atom stereocenters. The Hall–Kier alpha value is -2.30. The summed E-state index contributed by atoms with van der Waals surface area (Å²) < 4.78 is 0. The molecule has 5 heteroatoms. The standard InChI is InChI=1S/C19H17ClN2O2/c20-14-5-6-15-13(7-14)9-17(21-15)19(24)22-16-8-11-3-1-2-4-12(11)10-18(16)23/h1-7,9,16,18,21,23H,8,10H2,(H,22,24). The minimum Gasteiger partial charge on any atom is -0.391 e. The van der Waals surface area contributed by atoms with E-state index in [0.717, 1.165) is 16.5 Å². The zero-order chi connectivity index (χ0) is 16.7. The maximum atomic E-state index is 12.5. The van der Waals surface area contributed by atoms with Gasteiger partial charge in [0.05, 0.1) is 12.1 Å². The molecular weight excluding hydrogens is 324 g/mol. The number of benzene rings is 2. The van der Waals surface area contributed by atoms with Crippen molar-refractivity contribution in [2.24, 2.45) is 0 Å². The van der Waals surface area contributed by atoms with E-state index in [1.807, 2.05) is 36.4 Å². The second kappa shape index (κ2) is 5.96. The quantitative estimate of drug-likeness (QED) is 0.671. The number of carbonyl (C=O) groups excluding carboxylic acids is 1. The molecule has 1 heterocycles. The van der Waals surface area contributed by atoms with Crippen molar-refractivity contribution in [3.63, 3.8) is 0 Å². The first-order chi connectivity index (χ1) is 11.6. The van der Waals surface area contributed by atoms with E-state index in [1.165, 1.54) is 5.56 Å². The number of hydrogen-bond acceptors (Lipinski definition) is 2. The Kier molecular flexibility index (Phi) is 3.79. The number of aromatic nitrogens is 1. The van der Waals surface area contributed by atoms with Crippen LogP contribution >= 0.6 is 11.6 Å². The molecule has 4 nitrogen and oxygen atoms in total. The fraction of sp³-hybridized carbons (Fsp3) is 0.211. The lowest BCUT2D eigenvalue weighted by Gasteiger charge is -2.30. The second-order valence-corrected chi connectivity index (χ2v) is 6.68. The molecule has 0 radical (unpaired) electrons. The van der Waals surface area contributed by atoms with Gasteiger partial charge in [-0.15, -0.1) is 0 Å². The number of fused-ring (bicyclic) bond motifs is 2. The van der Waals surface area contributed by atoms with Crippen molar-refractivity contribution in [3.05, 3.63) is 70.4 Å². The first-order valence-electron chi connectivity index (χ1n) is 7.94. The maximum Gasteiger partial charge on any atom is 0.268 e. The van der Waals surface area contributed by atoms with E-state index in [0.29, 0.717) is 23.6 Å². The van der Waals surface area contributed by atoms with Crippen LogP contribution in [0.4, 0.5) is 0 Å². The first-order valence-corrected chi connectivity index (χ1v) is 8.32. The van der Waals surface area contributed by atoms with Crippen LogP contribution in [-0.4, -0.2) is 28.1 Å². The molecular formula is C19H17ClN2O2. The Morgan fingerprint density at radius 3 is 2.67 bits per heavy atom. The average molecular weight is 341 g/mol. The summed E-state index contributed by atoms with van der Waals surface area (Å²) in [7, 11) is 0. The van der Waals surface area contributed by atoms with Crippen molar-refractivity contribution in [1.29, 1.82) is 0 Å². The smallest absolute Gasteiger partial charge is 0.268 e. The number of aromatic amines is 1. The number of halogens is 1. The van der Waals surface area contributed by atoms with E-state index in [2.05, 4.69) is 10.3 Å². The van der Waals surface area contributed by atoms with Gasteiger partial charge in [0, 0.05) is 22.3 Å². The molecule has 0 aliphatic heterocycles. The summed E-state index contributed by atoms with van der Waals surface area (Å²) in [5.41, 5.74) is 3.66. The molecule has 1 aliphatic carbocycles. The van der Waals surface area contributed by atoms with Crippen LogP contribution in [0.25, 0.3) is 10.9 Å². The van der Waals surface area contributed by atoms with E-state index in [9.17, 15) is 9.90 Å². The molecule has 3 aromatic rings. The van der Waals surface area contributed by atoms with E-state index < -0.39 is 6.10 Å². The fourth-order valence-electron chi connectivity index (χ4n) is 3.32. The molecule has 3 N–H and O–H groups in total. The lowest BCUT2D eigenvalue weighted by molar-refractivity contribution is 0.0811. The van der Waals surface area contributed by atoms with Crippen LogP contribution in [0.2, 0.25) is 5.02 Å². The topological polar surface area (TPSA) is 65.1 Å². The van der Waals surface area contributed by atoms with Gasteiger partial charge >= 0.3 is 0 Å². The van der Waals surface area contributed by atoms with Crippen LogP contribution in [0.15, 0.2) is 48.5 Å². The maximum absolute atomic E-state index is 12.5. The summed E-state index contributed by atoms with van der Waals surface area (Å²) in [6.45, 7) is 0. The van der Waals surface area contributed by atoms with E-state index >= 15 is 0 Å². The number of aliphatic hydroxyl groups excluding tert-OH is 1. The van der Waals surface area contributed by atoms with Gasteiger partial charge in [0.1, 0.15) is 5.69 Å². The van der Waals surface area contributed by atoms with Gasteiger partial charge in [-0.2, -0.15) is 0 Å². The van der Waals surface area contributed by atoms with Crippen molar-refractivity contribution in [3.8, 4) is 0 Å². The molecule has 122 valence electrons. The van der Waals surface area contributed by atoms with Crippen LogP contribution in [-0.2, 0) is 12.8 Å². The molecule has 0 saturated carbocycles. The Balaban J connectivity index is 1.55. The molecule has 4 rings (SSSR count). The zero-order valence-corrected chi connectivity index (χ0v) is 13.7. The number of rotatable bonds is 2. The Labute approximate surface area is 144 Å². The normalized spacial score (nSPS) is 19.9. The van der Waals surface area contributed by atoms with Crippen LogP contribution in [0.5, 0.6) is 0 Å². The summed E-state index contributed by atoms with van der Waals surface area (Å²) in [5, 5.41) is 14.8. The minimum atomic E-state index is -0.581. The van der Waals surface area contributed by atoms with Gasteiger partial charge in [0.2, 0.25) is 0 Å². The third kappa shape index (κ3) is 2.79. The molecule has 0 spiro atoms. The zero-order valence-electron chi connectivity index (χ0n) is 12.9. The Morgan fingerprint density at radius 1 is 1.12 bits per heavy atom. The third-order valence-corrected chi connectivity index (χ3v) is 4.83. The van der Waals surface area contributed by atoms with Crippen molar-refractivity contribution in [1.82, 2.24) is 10.3 Å². The van der Waals surface area contributed by atoms with Gasteiger partial charge < -0.3 is 15.4 Å². The molecule has 1 amide bonds. The lowest BCUT2D eigenvalue weighted by atomic mass is 9.86. The molecule has 24 heavy (non-hydrogen) atoms. The van der Waals surface area contributed by atoms with Gasteiger partial charge in [0.25, 0.3) is 5.91 Å². The summed E-state index contributed by atoms with van der Waals surface area (Å²) in [4.78, 5) is 15.6. The summed E-state index contributed by atoms with van der Waals surface area (Å²) >= 11 is 5.98. The van der Waals surface area contributed by atoms with Gasteiger partial charge in [-0.25, -0.2) is 0 Å². The number of amides is 1. The summed E-state index contributed by atoms with van der Waals surface area (Å²) in [6, 6.07) is 15.0. The highest BCUT2D eigenvalue weighted by Gasteiger charge is 2.28. The van der Waals surface area contributed by atoms with Gasteiger partial charge in [-0.1, -0.05) is 35.9 Å². The minimum absolute atomic E-state index is 0.217. The predicted molar refractivity (Wildman–Crippen MR) is 94.4 cm³/mol. The number of hydrogen-bond donors (Lipinski definition) is 3. The van der Waals surface area contributed by atoms with Crippen LogP contribution in [0.1, 0.15) is 21.6 Å². The highest BCUT2D eigenvalue weighted by Crippen LogP contribution is 2.23. The van der Waals surface area contributed by atoms with Crippen molar-refractivity contribution < 1.29 is 9.90 Å². The number of carbonyl (C=O) groups is 1. The monoisotopic (exact) mass is 340 g/mol. The Bertz CT molecular complexity index is 919. The number of nitrogens with one attached hydrogen (secondary N) is 2. The summed E-state index contributed by atoms with van der Waals surface area (Å²) in [6.07, 6.45) is 0.612. The van der Waals surface area contributed by atoms with Crippen LogP contribution in [0, 0.1) is 0 Å². The molecule has 1 aromatic heterocycles. The fourth-order valence-corrected chi connectivity index (χ4v) is 3.50. The van der Waals surface area contributed by atoms with Crippen LogP contribution in [0.3, 0.4) is 0 Å². The van der Waals surface area contributed by atoms with Gasteiger partial charge in [-0.3, -0.25) is 4.79 Å². The van der Waals surface area contributed by atoms with Gasteiger partial charge in [0.15, 0.2) is 0 Å². The van der Waals surface area contributed by atoms with Crippen molar-refractivity contribution >= 4 is 28.4 Å². The number of H-pyrrole nitrogens is 1. The van der Waals surface area contributed by atoms with E-state index in [4.69, 9.17) is 11.6 Å². The largest absolute Gasteiger partial charge is 0.391 e. The van der Waals surface area contributed by atoms with Crippen molar-refractivity contribution in [2.45, 2.75) is 25.0 Å². The SMILES string of the molecule is O=C(NC1Cc2ccccc2CC1O)c1cc2cc(Cl)ccc2[nH]1. The molecule has 0 bridgehead atoms. The Morgan fingerprint density at radius 2 is 1.88 bits per heavy atom. The molecule has 0 fully saturated rings. The molecule has 1 aliphatic rings. The molecule has 0 saturated heterocycles. The molecule has 2 atom stereocenters. The van der Waals surface area contributed by atoms with Crippen LogP contribution < -0.4 is 5.32 Å². The third-order valence-electron chi connectivity index (χ3n) is 4.60. The second-order valence-electron chi connectivity index (χ2n) is 6.24. The highest BCUT2D eigenvalue weighted by atomic mass is 35.5. The number of aliphatic hydroxyl groups is 1. The van der Waals surface area contributed by atoms with E-state index in [1.54, 1.807) is 12.1 Å². The first kappa shape index (κ1) is 15.2. The van der Waals surface area contributed by atoms with E-state index in [-0.39, 0.29) is 11.9 Å². The predicted octanol–water partition coefficient (Wildman–Crippen LogP) is 3.08. The molecule has 2 aromatic carbocycles.